The van der Waals surface area contributed by atoms with Crippen LogP contribution in [0.3, 0.4) is 0 Å². The molecule has 1 aromatic carbocycles. The Bertz CT molecular complexity index is 684. The van der Waals surface area contributed by atoms with Crippen LogP contribution in [0.1, 0.15) is 23.3 Å². The van der Waals surface area contributed by atoms with Crippen LogP contribution in [-0.4, -0.2) is 41.0 Å². The number of aryl methyl sites for hydroxylation is 1. The Hall–Kier alpha value is -2.30. The molecule has 1 aliphatic rings. The molecule has 110 valence electrons. The number of carbonyl (C=O) groups is 2. The van der Waals surface area contributed by atoms with Crippen LogP contribution in [0.5, 0.6) is 0 Å². The number of fused-ring (bicyclic) bond motifs is 1. The van der Waals surface area contributed by atoms with E-state index >= 15 is 0 Å². The highest BCUT2D eigenvalue weighted by atomic mass is 16.5. The highest BCUT2D eigenvalue weighted by Gasteiger charge is 2.21. The lowest BCUT2D eigenvalue weighted by Gasteiger charge is -2.14. The second kappa shape index (κ2) is 5.60. The minimum Gasteiger partial charge on any atom is -0.451 e. The van der Waals surface area contributed by atoms with Crippen LogP contribution >= 0.6 is 0 Å². The maximum absolute atomic E-state index is 12.1. The molecule has 5 heteroatoms. The van der Waals surface area contributed by atoms with Crippen LogP contribution in [0.15, 0.2) is 30.3 Å². The molecule has 1 aromatic heterocycles. The molecule has 2 aromatic rings. The average Bonchev–Trinajstić information content (AvgIpc) is 3.13. The van der Waals surface area contributed by atoms with Gasteiger partial charge in [0.05, 0.1) is 0 Å². The van der Waals surface area contributed by atoms with Gasteiger partial charge in [-0.25, -0.2) is 4.79 Å². The van der Waals surface area contributed by atoms with Crippen molar-refractivity contribution in [2.45, 2.75) is 12.8 Å². The quantitative estimate of drug-likeness (QED) is 0.810. The van der Waals surface area contributed by atoms with E-state index in [2.05, 4.69) is 0 Å². The molecule has 1 amide bonds. The molecule has 5 nitrogen and oxygen atoms in total. The summed E-state index contributed by atoms with van der Waals surface area (Å²) in [4.78, 5) is 25.8. The fourth-order valence-corrected chi connectivity index (χ4v) is 2.74. The lowest BCUT2D eigenvalue weighted by molar-refractivity contribution is -0.133. The summed E-state index contributed by atoms with van der Waals surface area (Å²) >= 11 is 0. The summed E-state index contributed by atoms with van der Waals surface area (Å²) in [5, 5.41) is 0.984. The molecule has 0 N–H and O–H groups in total. The maximum atomic E-state index is 12.1. The molecule has 0 aliphatic carbocycles. The van der Waals surface area contributed by atoms with Gasteiger partial charge in [0.1, 0.15) is 5.69 Å². The third kappa shape index (κ3) is 2.63. The topological polar surface area (TPSA) is 51.5 Å². The summed E-state index contributed by atoms with van der Waals surface area (Å²) in [6, 6.07) is 9.53. The molecule has 0 spiro atoms. The van der Waals surface area contributed by atoms with E-state index in [1.165, 1.54) is 0 Å². The molecule has 0 radical (unpaired) electrons. The zero-order chi connectivity index (χ0) is 14.8. The van der Waals surface area contributed by atoms with Gasteiger partial charge < -0.3 is 14.2 Å². The Kier molecular flexibility index (Phi) is 3.64. The zero-order valence-corrected chi connectivity index (χ0v) is 12.0. The van der Waals surface area contributed by atoms with Gasteiger partial charge in [0.15, 0.2) is 6.61 Å². The zero-order valence-electron chi connectivity index (χ0n) is 12.0. The summed E-state index contributed by atoms with van der Waals surface area (Å²) in [7, 11) is 1.82. The Labute approximate surface area is 123 Å². The number of aromatic nitrogens is 1. The van der Waals surface area contributed by atoms with Crippen LogP contribution in [0.4, 0.5) is 0 Å². The molecule has 0 saturated carbocycles. The standard InChI is InChI=1S/C16H18N2O3/c1-17-13-7-3-2-6-12(13)10-14(17)16(20)21-11-15(19)18-8-4-5-9-18/h2-3,6-7,10H,4-5,8-9,11H2,1H3. The van der Waals surface area contributed by atoms with E-state index < -0.39 is 5.97 Å². The molecule has 2 heterocycles. The van der Waals surface area contributed by atoms with Crippen LogP contribution in [-0.2, 0) is 16.6 Å². The molecular formula is C16H18N2O3. The SMILES string of the molecule is Cn1c(C(=O)OCC(=O)N2CCCC2)cc2ccccc21. The van der Waals surface area contributed by atoms with Gasteiger partial charge in [-0.2, -0.15) is 0 Å². The van der Waals surface area contributed by atoms with E-state index in [4.69, 9.17) is 4.74 Å². The van der Waals surface area contributed by atoms with Gasteiger partial charge >= 0.3 is 5.97 Å². The average molecular weight is 286 g/mol. The highest BCUT2D eigenvalue weighted by molar-refractivity contribution is 5.96. The minimum absolute atomic E-state index is 0.111. The first-order valence-electron chi connectivity index (χ1n) is 7.16. The first-order valence-corrected chi connectivity index (χ1v) is 7.16. The Morgan fingerprint density at radius 2 is 1.90 bits per heavy atom. The van der Waals surface area contributed by atoms with E-state index in [1.54, 1.807) is 15.5 Å². The predicted octanol–water partition coefficient (Wildman–Crippen LogP) is 1.96. The van der Waals surface area contributed by atoms with Crippen molar-refractivity contribution in [3.05, 3.63) is 36.0 Å². The molecule has 0 unspecified atom stereocenters. The fraction of sp³-hybridized carbons (Fsp3) is 0.375. The van der Waals surface area contributed by atoms with E-state index in [1.807, 2.05) is 31.3 Å². The monoisotopic (exact) mass is 286 g/mol. The Morgan fingerprint density at radius 1 is 1.19 bits per heavy atom. The van der Waals surface area contributed by atoms with Gasteiger partial charge in [-0.3, -0.25) is 4.79 Å². The summed E-state index contributed by atoms with van der Waals surface area (Å²) in [6.45, 7) is 1.36. The van der Waals surface area contributed by atoms with Gasteiger partial charge in [0.2, 0.25) is 0 Å². The Morgan fingerprint density at radius 3 is 2.62 bits per heavy atom. The first-order chi connectivity index (χ1) is 10.2. The van der Waals surface area contributed by atoms with Gasteiger partial charge in [-0.1, -0.05) is 18.2 Å². The lowest BCUT2D eigenvalue weighted by Crippen LogP contribution is -2.32. The second-order valence-corrected chi connectivity index (χ2v) is 5.31. The van der Waals surface area contributed by atoms with Crippen LogP contribution < -0.4 is 0 Å². The number of benzene rings is 1. The smallest absolute Gasteiger partial charge is 0.355 e. The van der Waals surface area contributed by atoms with Crippen molar-refractivity contribution in [3.8, 4) is 0 Å². The molecule has 1 fully saturated rings. The predicted molar refractivity (Wildman–Crippen MR) is 79.0 cm³/mol. The van der Waals surface area contributed by atoms with Crippen molar-refractivity contribution in [3.63, 3.8) is 0 Å². The number of hydrogen-bond acceptors (Lipinski definition) is 3. The third-order valence-electron chi connectivity index (χ3n) is 3.95. The molecule has 3 rings (SSSR count). The molecule has 21 heavy (non-hydrogen) atoms. The van der Waals surface area contributed by atoms with E-state index in [0.29, 0.717) is 5.69 Å². The normalized spacial score (nSPS) is 14.6. The van der Waals surface area contributed by atoms with Gasteiger partial charge in [-0.05, 0) is 25.0 Å². The van der Waals surface area contributed by atoms with Gasteiger partial charge in [-0.15, -0.1) is 0 Å². The van der Waals surface area contributed by atoms with Gasteiger partial charge in [0, 0.05) is 31.0 Å². The van der Waals surface area contributed by atoms with Crippen molar-refractivity contribution in [1.82, 2.24) is 9.47 Å². The number of nitrogens with zero attached hydrogens (tertiary/aromatic N) is 2. The molecule has 0 atom stereocenters. The summed E-state index contributed by atoms with van der Waals surface area (Å²) in [5.74, 6) is -0.569. The first kappa shape index (κ1) is 13.7. The number of para-hydroxylation sites is 1. The van der Waals surface area contributed by atoms with Crippen molar-refractivity contribution in [1.29, 1.82) is 0 Å². The minimum atomic E-state index is -0.457. The molecule has 0 bridgehead atoms. The van der Waals surface area contributed by atoms with Crippen molar-refractivity contribution >= 4 is 22.8 Å². The van der Waals surface area contributed by atoms with Crippen molar-refractivity contribution in [2.75, 3.05) is 19.7 Å². The number of likely N-dealkylation sites (tertiary alicyclic amines) is 1. The summed E-state index contributed by atoms with van der Waals surface area (Å²) < 4.78 is 6.95. The summed E-state index contributed by atoms with van der Waals surface area (Å²) in [5.41, 5.74) is 1.43. The lowest BCUT2D eigenvalue weighted by atomic mass is 10.2. The Balaban J connectivity index is 1.69. The maximum Gasteiger partial charge on any atom is 0.355 e. The number of esters is 1. The van der Waals surface area contributed by atoms with E-state index in [-0.39, 0.29) is 12.5 Å². The number of carbonyl (C=O) groups excluding carboxylic acids is 2. The number of rotatable bonds is 3. The third-order valence-corrected chi connectivity index (χ3v) is 3.95. The highest BCUT2D eigenvalue weighted by Crippen LogP contribution is 2.19. The summed E-state index contributed by atoms with van der Waals surface area (Å²) in [6.07, 6.45) is 2.06. The number of hydrogen-bond donors (Lipinski definition) is 0. The van der Waals surface area contributed by atoms with Crippen molar-refractivity contribution in [2.24, 2.45) is 7.05 Å². The van der Waals surface area contributed by atoms with Gasteiger partial charge in [0.25, 0.3) is 5.91 Å². The number of ether oxygens (including phenoxy) is 1. The van der Waals surface area contributed by atoms with Crippen LogP contribution in [0.25, 0.3) is 10.9 Å². The second-order valence-electron chi connectivity index (χ2n) is 5.31. The molecule has 1 saturated heterocycles. The largest absolute Gasteiger partial charge is 0.451 e. The van der Waals surface area contributed by atoms with E-state index in [0.717, 1.165) is 36.8 Å². The fourth-order valence-electron chi connectivity index (χ4n) is 2.74. The number of amides is 1. The van der Waals surface area contributed by atoms with Crippen molar-refractivity contribution < 1.29 is 14.3 Å². The molecular weight excluding hydrogens is 268 g/mol. The van der Waals surface area contributed by atoms with Crippen LogP contribution in [0, 0.1) is 0 Å². The van der Waals surface area contributed by atoms with Crippen LogP contribution in [0.2, 0.25) is 0 Å². The van der Waals surface area contributed by atoms with E-state index in [9.17, 15) is 9.59 Å². The molecule has 1 aliphatic heterocycles.